The summed E-state index contributed by atoms with van der Waals surface area (Å²) in [4.78, 5) is 23.8. The molecule has 3 aliphatic rings. The van der Waals surface area contributed by atoms with Crippen LogP contribution < -0.4 is 4.74 Å². The normalized spacial score (nSPS) is 28.4. The first-order chi connectivity index (χ1) is 10.6. The molecule has 3 atom stereocenters. The van der Waals surface area contributed by atoms with Gasteiger partial charge in [-0.15, -0.1) is 0 Å². The highest BCUT2D eigenvalue weighted by Crippen LogP contribution is 2.44. The Bertz CT molecular complexity index is 764. The van der Waals surface area contributed by atoms with E-state index >= 15 is 0 Å². The van der Waals surface area contributed by atoms with Gasteiger partial charge in [-0.05, 0) is 18.2 Å². The van der Waals surface area contributed by atoms with E-state index in [1.54, 1.807) is 30.4 Å². The Balaban J connectivity index is 1.75. The van der Waals surface area contributed by atoms with E-state index in [1.807, 2.05) is 0 Å². The third-order valence-electron chi connectivity index (χ3n) is 4.17. The van der Waals surface area contributed by atoms with Crippen LogP contribution in [0.15, 0.2) is 41.7 Å². The molecule has 112 valence electrons. The van der Waals surface area contributed by atoms with E-state index in [2.05, 4.69) is 0 Å². The molecule has 0 saturated carbocycles. The number of benzene rings is 1. The second-order valence-electron chi connectivity index (χ2n) is 5.44. The van der Waals surface area contributed by atoms with Crippen molar-refractivity contribution in [2.24, 2.45) is 5.92 Å². The summed E-state index contributed by atoms with van der Waals surface area (Å²) < 4.78 is 11.3. The molecular weight excluding hydrogens is 308 g/mol. The van der Waals surface area contributed by atoms with E-state index in [0.29, 0.717) is 22.1 Å². The van der Waals surface area contributed by atoms with Crippen molar-refractivity contribution >= 4 is 23.4 Å². The third kappa shape index (κ3) is 1.78. The zero-order valence-electron chi connectivity index (χ0n) is 11.3. The van der Waals surface area contributed by atoms with Crippen LogP contribution in [0.2, 0.25) is 5.02 Å². The van der Waals surface area contributed by atoms with Crippen LogP contribution in [0.4, 0.5) is 0 Å². The summed E-state index contributed by atoms with van der Waals surface area (Å²) in [6.45, 7) is 0. The Hall–Kier alpha value is -2.27. The number of ketones is 1. The van der Waals surface area contributed by atoms with Crippen molar-refractivity contribution in [1.29, 1.82) is 0 Å². The number of halogens is 1. The molecule has 3 unspecified atom stereocenters. The standard InChI is InChI=1S/C16H11ClO5/c17-9-2-1-3-11-13(9)14(18)7-4-5-10-8(15(7)22-11)6-12(21-10)16(19)20/h1-5,7,12,15H,6H2,(H,19,20). The maximum Gasteiger partial charge on any atom is 0.345 e. The Morgan fingerprint density at radius 2 is 2.14 bits per heavy atom. The fourth-order valence-electron chi connectivity index (χ4n) is 3.13. The molecule has 0 fully saturated rings. The molecule has 0 spiro atoms. The molecule has 0 aromatic heterocycles. The van der Waals surface area contributed by atoms with Crippen LogP contribution in [0.1, 0.15) is 16.8 Å². The van der Waals surface area contributed by atoms with Gasteiger partial charge in [-0.25, -0.2) is 4.79 Å². The molecule has 0 bridgehead atoms. The summed E-state index contributed by atoms with van der Waals surface area (Å²) in [5.74, 6) is -0.711. The minimum absolute atomic E-state index is 0.113. The minimum atomic E-state index is -1.02. The number of carbonyl (C=O) groups is 2. The van der Waals surface area contributed by atoms with Gasteiger partial charge in [0.05, 0.1) is 16.5 Å². The predicted molar refractivity (Wildman–Crippen MR) is 77.0 cm³/mol. The minimum Gasteiger partial charge on any atom is -0.484 e. The zero-order chi connectivity index (χ0) is 15.4. The van der Waals surface area contributed by atoms with E-state index in [4.69, 9.17) is 26.2 Å². The van der Waals surface area contributed by atoms with Crippen molar-refractivity contribution in [3.63, 3.8) is 0 Å². The fourth-order valence-corrected chi connectivity index (χ4v) is 3.39. The summed E-state index contributed by atoms with van der Waals surface area (Å²) >= 11 is 6.10. The maximum atomic E-state index is 12.7. The topological polar surface area (TPSA) is 72.8 Å². The van der Waals surface area contributed by atoms with Crippen LogP contribution in [-0.2, 0) is 9.53 Å². The van der Waals surface area contributed by atoms with Crippen molar-refractivity contribution in [2.75, 3.05) is 0 Å². The summed E-state index contributed by atoms with van der Waals surface area (Å²) in [7, 11) is 0. The van der Waals surface area contributed by atoms with Crippen LogP contribution in [0.25, 0.3) is 0 Å². The number of allylic oxidation sites excluding steroid dienone is 1. The molecule has 5 nitrogen and oxygen atoms in total. The molecule has 2 heterocycles. The van der Waals surface area contributed by atoms with Crippen molar-refractivity contribution < 1.29 is 24.2 Å². The molecule has 0 amide bonds. The number of hydrogen-bond donors (Lipinski definition) is 1. The fraction of sp³-hybridized carbons (Fsp3) is 0.250. The lowest BCUT2D eigenvalue weighted by molar-refractivity contribution is -0.146. The zero-order valence-corrected chi connectivity index (χ0v) is 12.0. The third-order valence-corrected chi connectivity index (χ3v) is 4.48. The highest BCUT2D eigenvalue weighted by atomic mass is 35.5. The lowest BCUT2D eigenvalue weighted by atomic mass is 9.81. The van der Waals surface area contributed by atoms with Crippen molar-refractivity contribution in [2.45, 2.75) is 18.6 Å². The molecular formula is C16H11ClO5. The molecule has 22 heavy (non-hydrogen) atoms. The Morgan fingerprint density at radius 1 is 1.32 bits per heavy atom. The van der Waals surface area contributed by atoms with E-state index in [-0.39, 0.29) is 12.2 Å². The van der Waals surface area contributed by atoms with Crippen molar-refractivity contribution in [3.8, 4) is 5.75 Å². The summed E-state index contributed by atoms with van der Waals surface area (Å²) in [6, 6.07) is 5.06. The SMILES string of the molecule is O=C(O)C1CC2=C(C=CC3C(=O)c4c(Cl)cccc4OC23)O1. The van der Waals surface area contributed by atoms with Gasteiger partial charge >= 0.3 is 5.97 Å². The smallest absolute Gasteiger partial charge is 0.345 e. The molecule has 0 radical (unpaired) electrons. The number of carboxylic acids is 1. The largest absolute Gasteiger partial charge is 0.484 e. The lowest BCUT2D eigenvalue weighted by Crippen LogP contribution is -2.39. The van der Waals surface area contributed by atoms with Crippen LogP contribution >= 0.6 is 11.6 Å². The van der Waals surface area contributed by atoms with Gasteiger partial charge < -0.3 is 14.6 Å². The van der Waals surface area contributed by atoms with Gasteiger partial charge in [0.25, 0.3) is 0 Å². The molecule has 1 N–H and O–H groups in total. The van der Waals surface area contributed by atoms with E-state index in [1.165, 1.54) is 0 Å². The van der Waals surface area contributed by atoms with Crippen LogP contribution in [0, 0.1) is 5.92 Å². The summed E-state index contributed by atoms with van der Waals surface area (Å²) in [6.07, 6.45) is 2.13. The van der Waals surface area contributed by atoms with E-state index in [0.717, 1.165) is 5.57 Å². The quantitative estimate of drug-likeness (QED) is 0.861. The van der Waals surface area contributed by atoms with Gasteiger partial charge in [0.15, 0.2) is 11.9 Å². The molecule has 2 aliphatic heterocycles. The highest BCUT2D eigenvalue weighted by Gasteiger charge is 2.45. The van der Waals surface area contributed by atoms with Crippen LogP contribution in [0.3, 0.4) is 0 Å². The van der Waals surface area contributed by atoms with Gasteiger partial charge in [-0.2, -0.15) is 0 Å². The van der Waals surface area contributed by atoms with Gasteiger partial charge in [-0.3, -0.25) is 4.79 Å². The Labute approximate surface area is 130 Å². The predicted octanol–water partition coefficient (Wildman–Crippen LogP) is 2.60. The summed E-state index contributed by atoms with van der Waals surface area (Å²) in [5, 5.41) is 9.46. The Kier molecular flexibility index (Phi) is 2.81. The molecule has 1 aliphatic carbocycles. The average molecular weight is 319 g/mol. The number of rotatable bonds is 1. The number of fused-ring (bicyclic) bond motifs is 3. The second-order valence-corrected chi connectivity index (χ2v) is 5.85. The summed E-state index contributed by atoms with van der Waals surface area (Å²) in [5.41, 5.74) is 1.10. The number of hydrogen-bond acceptors (Lipinski definition) is 4. The monoisotopic (exact) mass is 318 g/mol. The van der Waals surface area contributed by atoms with Gasteiger partial charge in [0, 0.05) is 12.0 Å². The maximum absolute atomic E-state index is 12.7. The number of carboxylic acid groups (broad SMARTS) is 1. The van der Waals surface area contributed by atoms with Gasteiger partial charge in [0.2, 0.25) is 0 Å². The molecule has 6 heteroatoms. The average Bonchev–Trinajstić information content (AvgIpc) is 2.92. The first kappa shape index (κ1) is 13.4. The lowest BCUT2D eigenvalue weighted by Gasteiger charge is -2.33. The molecule has 1 aromatic rings. The first-order valence-corrected chi connectivity index (χ1v) is 7.24. The molecule has 1 aromatic carbocycles. The molecule has 0 saturated heterocycles. The van der Waals surface area contributed by atoms with Crippen LogP contribution in [-0.4, -0.2) is 29.1 Å². The van der Waals surface area contributed by atoms with Crippen molar-refractivity contribution in [3.05, 3.63) is 52.3 Å². The van der Waals surface area contributed by atoms with Gasteiger partial charge in [0.1, 0.15) is 17.6 Å². The van der Waals surface area contributed by atoms with E-state index < -0.39 is 24.1 Å². The van der Waals surface area contributed by atoms with E-state index in [9.17, 15) is 9.59 Å². The molecule has 4 rings (SSSR count). The van der Waals surface area contributed by atoms with Crippen molar-refractivity contribution in [1.82, 2.24) is 0 Å². The first-order valence-electron chi connectivity index (χ1n) is 6.86. The number of aliphatic carboxylic acids is 1. The van der Waals surface area contributed by atoms with Crippen LogP contribution in [0.5, 0.6) is 5.75 Å². The number of carbonyl (C=O) groups excluding carboxylic acids is 1. The second kappa shape index (κ2) is 4.61. The highest BCUT2D eigenvalue weighted by molar-refractivity contribution is 6.34. The van der Waals surface area contributed by atoms with Gasteiger partial charge in [-0.1, -0.05) is 23.7 Å². The number of Topliss-reactive ketones (excluding diaryl/α,β-unsaturated/α-hetero) is 1. The number of ether oxygens (including phenoxy) is 2. The Morgan fingerprint density at radius 3 is 2.91 bits per heavy atom.